The van der Waals surface area contributed by atoms with Gasteiger partial charge in [-0.3, -0.25) is 0 Å². The van der Waals surface area contributed by atoms with Crippen molar-refractivity contribution >= 4 is 22.9 Å². The molecular weight excluding hydrogens is 294 g/mol. The summed E-state index contributed by atoms with van der Waals surface area (Å²) in [5, 5.41) is 6.92. The van der Waals surface area contributed by atoms with E-state index in [1.807, 2.05) is 78.9 Å². The van der Waals surface area contributed by atoms with Crippen LogP contribution < -0.4 is 10.6 Å². The SMILES string of the molecule is C[C@@H](Nc1ccccc1)C(=Nc1ccccc1)Nc1ccccc1. The first-order valence-corrected chi connectivity index (χ1v) is 8.08. The van der Waals surface area contributed by atoms with Crippen LogP contribution in [0.25, 0.3) is 0 Å². The molecule has 0 aliphatic carbocycles. The second kappa shape index (κ2) is 7.97. The van der Waals surface area contributed by atoms with E-state index in [0.29, 0.717) is 0 Å². The fourth-order valence-electron chi connectivity index (χ4n) is 2.40. The van der Waals surface area contributed by atoms with Crippen LogP contribution in [0.3, 0.4) is 0 Å². The van der Waals surface area contributed by atoms with Crippen LogP contribution in [0, 0.1) is 0 Å². The molecule has 0 aliphatic heterocycles. The van der Waals surface area contributed by atoms with E-state index < -0.39 is 0 Å². The molecule has 0 aromatic heterocycles. The molecule has 0 saturated heterocycles. The van der Waals surface area contributed by atoms with Gasteiger partial charge in [-0.2, -0.15) is 0 Å². The van der Waals surface area contributed by atoms with Crippen molar-refractivity contribution in [2.24, 2.45) is 4.99 Å². The van der Waals surface area contributed by atoms with Crippen LogP contribution >= 0.6 is 0 Å². The zero-order valence-electron chi connectivity index (χ0n) is 13.7. The molecule has 3 aromatic carbocycles. The van der Waals surface area contributed by atoms with Gasteiger partial charge < -0.3 is 10.6 Å². The Morgan fingerprint density at radius 3 is 1.79 bits per heavy atom. The van der Waals surface area contributed by atoms with Gasteiger partial charge in [-0.15, -0.1) is 0 Å². The van der Waals surface area contributed by atoms with Crippen molar-refractivity contribution in [1.29, 1.82) is 0 Å². The summed E-state index contributed by atoms with van der Waals surface area (Å²) in [6.45, 7) is 2.10. The van der Waals surface area contributed by atoms with E-state index >= 15 is 0 Å². The van der Waals surface area contributed by atoms with Crippen molar-refractivity contribution < 1.29 is 0 Å². The Kier molecular flexibility index (Phi) is 5.25. The topological polar surface area (TPSA) is 36.4 Å². The van der Waals surface area contributed by atoms with Crippen molar-refractivity contribution in [2.45, 2.75) is 13.0 Å². The highest BCUT2D eigenvalue weighted by molar-refractivity contribution is 6.02. The van der Waals surface area contributed by atoms with Crippen LogP contribution in [0.2, 0.25) is 0 Å². The third-order valence-electron chi connectivity index (χ3n) is 3.62. The Balaban J connectivity index is 1.85. The summed E-state index contributed by atoms with van der Waals surface area (Å²) in [6, 6.07) is 30.3. The Hall–Kier alpha value is -3.07. The fourth-order valence-corrected chi connectivity index (χ4v) is 2.40. The molecule has 0 fully saturated rings. The summed E-state index contributed by atoms with van der Waals surface area (Å²) in [5.41, 5.74) is 3.02. The third kappa shape index (κ3) is 4.46. The summed E-state index contributed by atoms with van der Waals surface area (Å²) >= 11 is 0. The van der Waals surface area contributed by atoms with Crippen molar-refractivity contribution in [3.63, 3.8) is 0 Å². The quantitative estimate of drug-likeness (QED) is 0.493. The molecule has 0 radical (unpaired) electrons. The van der Waals surface area contributed by atoms with Gasteiger partial charge in [-0.1, -0.05) is 54.6 Å². The van der Waals surface area contributed by atoms with Crippen LogP contribution in [-0.2, 0) is 0 Å². The number of nitrogens with zero attached hydrogens (tertiary/aromatic N) is 1. The van der Waals surface area contributed by atoms with E-state index in [4.69, 9.17) is 4.99 Å². The first-order chi connectivity index (χ1) is 11.8. The second-order valence-corrected chi connectivity index (χ2v) is 5.56. The fraction of sp³-hybridized carbons (Fsp3) is 0.0952. The molecule has 0 bridgehead atoms. The average Bonchev–Trinajstić information content (AvgIpc) is 2.64. The molecule has 1 atom stereocenters. The Morgan fingerprint density at radius 1 is 0.708 bits per heavy atom. The van der Waals surface area contributed by atoms with Gasteiger partial charge >= 0.3 is 0 Å². The highest BCUT2D eigenvalue weighted by Crippen LogP contribution is 2.15. The first-order valence-electron chi connectivity index (χ1n) is 8.08. The second-order valence-electron chi connectivity index (χ2n) is 5.56. The highest BCUT2D eigenvalue weighted by atomic mass is 15.1. The van der Waals surface area contributed by atoms with Gasteiger partial charge in [0.05, 0.1) is 11.7 Å². The molecule has 3 heteroatoms. The molecule has 24 heavy (non-hydrogen) atoms. The number of para-hydroxylation sites is 3. The lowest BCUT2D eigenvalue weighted by Gasteiger charge is -2.19. The first kappa shape index (κ1) is 15.8. The zero-order chi connectivity index (χ0) is 16.6. The van der Waals surface area contributed by atoms with Crippen LogP contribution in [0.15, 0.2) is 96.0 Å². The van der Waals surface area contributed by atoms with Crippen molar-refractivity contribution in [2.75, 3.05) is 10.6 Å². The van der Waals surface area contributed by atoms with Crippen molar-refractivity contribution in [1.82, 2.24) is 0 Å². The number of hydrogen-bond acceptors (Lipinski definition) is 2. The summed E-state index contributed by atoms with van der Waals surface area (Å²) in [5.74, 6) is 0.872. The maximum Gasteiger partial charge on any atom is 0.129 e. The molecule has 0 aliphatic rings. The minimum absolute atomic E-state index is 0.0350. The minimum Gasteiger partial charge on any atom is -0.375 e. The normalized spacial score (nSPS) is 12.5. The standard InChI is InChI=1S/C21H21N3/c1-17(22-18-11-5-2-6-12-18)21(23-19-13-7-3-8-14-19)24-20-15-9-4-10-16-20/h2-17,22H,1H3,(H,23,24)/t17-/m1/s1. The van der Waals surface area contributed by atoms with Gasteiger partial charge in [0, 0.05) is 11.4 Å². The maximum absolute atomic E-state index is 4.79. The van der Waals surface area contributed by atoms with Gasteiger partial charge in [0.15, 0.2) is 0 Å². The predicted molar refractivity (Wildman–Crippen MR) is 103 cm³/mol. The monoisotopic (exact) mass is 315 g/mol. The summed E-state index contributed by atoms with van der Waals surface area (Å²) in [6.07, 6.45) is 0. The van der Waals surface area contributed by atoms with Gasteiger partial charge in [-0.05, 0) is 43.3 Å². The lowest BCUT2D eigenvalue weighted by Crippen LogP contribution is -2.32. The van der Waals surface area contributed by atoms with Crippen molar-refractivity contribution in [3.8, 4) is 0 Å². The largest absolute Gasteiger partial charge is 0.375 e. The number of nitrogens with one attached hydrogen (secondary N) is 2. The molecule has 3 nitrogen and oxygen atoms in total. The molecule has 0 amide bonds. The van der Waals surface area contributed by atoms with Crippen LogP contribution in [0.4, 0.5) is 17.1 Å². The average molecular weight is 315 g/mol. The number of aliphatic imine (C=N–C) groups is 1. The maximum atomic E-state index is 4.79. The summed E-state index contributed by atoms with van der Waals surface area (Å²) < 4.78 is 0. The van der Waals surface area contributed by atoms with E-state index in [0.717, 1.165) is 22.9 Å². The van der Waals surface area contributed by atoms with E-state index in [1.54, 1.807) is 0 Å². The van der Waals surface area contributed by atoms with Gasteiger partial charge in [-0.25, -0.2) is 4.99 Å². The molecule has 3 aromatic rings. The number of anilines is 2. The molecule has 3 rings (SSSR count). The van der Waals surface area contributed by atoms with Crippen LogP contribution in [-0.4, -0.2) is 11.9 Å². The van der Waals surface area contributed by atoms with E-state index in [9.17, 15) is 0 Å². The highest BCUT2D eigenvalue weighted by Gasteiger charge is 2.11. The Morgan fingerprint density at radius 2 is 1.21 bits per heavy atom. The third-order valence-corrected chi connectivity index (χ3v) is 3.62. The molecule has 0 saturated carbocycles. The van der Waals surface area contributed by atoms with E-state index in [-0.39, 0.29) is 6.04 Å². The summed E-state index contributed by atoms with van der Waals surface area (Å²) in [4.78, 5) is 4.79. The number of hydrogen-bond donors (Lipinski definition) is 2. The minimum atomic E-state index is 0.0350. The molecule has 0 unspecified atom stereocenters. The molecular formula is C21H21N3. The molecule has 0 spiro atoms. The Labute approximate surface area is 143 Å². The lowest BCUT2D eigenvalue weighted by atomic mass is 10.2. The lowest BCUT2D eigenvalue weighted by molar-refractivity contribution is 1.04. The zero-order valence-corrected chi connectivity index (χ0v) is 13.7. The molecule has 120 valence electrons. The van der Waals surface area contributed by atoms with Crippen molar-refractivity contribution in [3.05, 3.63) is 91.0 Å². The smallest absolute Gasteiger partial charge is 0.129 e. The van der Waals surface area contributed by atoms with Gasteiger partial charge in [0.25, 0.3) is 0 Å². The molecule has 0 heterocycles. The van der Waals surface area contributed by atoms with E-state index in [1.165, 1.54) is 0 Å². The Bertz CT molecular complexity index is 768. The number of benzene rings is 3. The predicted octanol–water partition coefficient (Wildman–Crippen LogP) is 5.33. The van der Waals surface area contributed by atoms with E-state index in [2.05, 4.69) is 29.7 Å². The van der Waals surface area contributed by atoms with Gasteiger partial charge in [0.2, 0.25) is 0 Å². The number of rotatable bonds is 5. The number of amidine groups is 1. The van der Waals surface area contributed by atoms with Gasteiger partial charge in [0.1, 0.15) is 5.84 Å². The van der Waals surface area contributed by atoms with Crippen LogP contribution in [0.1, 0.15) is 6.92 Å². The molecule has 2 N–H and O–H groups in total. The van der Waals surface area contributed by atoms with Crippen LogP contribution in [0.5, 0.6) is 0 Å². The summed E-state index contributed by atoms with van der Waals surface area (Å²) in [7, 11) is 0.